The van der Waals surface area contributed by atoms with Gasteiger partial charge in [0.25, 0.3) is 5.91 Å². The summed E-state index contributed by atoms with van der Waals surface area (Å²) < 4.78 is 52.3. The fourth-order valence-electron chi connectivity index (χ4n) is 2.49. The van der Waals surface area contributed by atoms with Crippen molar-refractivity contribution in [1.82, 2.24) is 25.0 Å². The lowest BCUT2D eigenvalue weighted by Gasteiger charge is -2.12. The molecule has 0 bridgehead atoms. The summed E-state index contributed by atoms with van der Waals surface area (Å²) in [5.74, 6) is -3.10. The van der Waals surface area contributed by atoms with Gasteiger partial charge in [-0.1, -0.05) is 13.8 Å². The van der Waals surface area contributed by atoms with Crippen LogP contribution in [0.4, 0.5) is 23.5 Å². The van der Waals surface area contributed by atoms with Gasteiger partial charge in [0.2, 0.25) is 11.8 Å². The average Bonchev–Trinajstić information content (AvgIpc) is 3.22. The fraction of sp³-hybridized carbons (Fsp3) is 0.250. The molecule has 0 saturated heterocycles. The van der Waals surface area contributed by atoms with Crippen LogP contribution in [-0.4, -0.2) is 30.9 Å². The first kappa shape index (κ1) is 18.5. The zero-order valence-electron chi connectivity index (χ0n) is 14.2. The second kappa shape index (κ2) is 6.82. The molecule has 0 radical (unpaired) electrons. The Labute approximate surface area is 150 Å². The number of halogens is 4. The minimum absolute atomic E-state index is 0.146. The molecule has 0 unspecified atom stereocenters. The molecule has 2 aromatic heterocycles. The molecule has 0 aliphatic rings. The number of carbonyl (C=O) groups excluding carboxylic acids is 1. The highest BCUT2D eigenvalue weighted by atomic mass is 19.4. The zero-order valence-corrected chi connectivity index (χ0v) is 14.2. The Morgan fingerprint density at radius 1 is 1.22 bits per heavy atom. The Balaban J connectivity index is 1.91. The number of amides is 1. The maximum Gasteiger partial charge on any atom is 0.451 e. The summed E-state index contributed by atoms with van der Waals surface area (Å²) in [6, 6.07) is 5.52. The number of hydrogen-bond donors (Lipinski definition) is 2. The molecule has 7 nitrogen and oxygen atoms in total. The third-order valence-corrected chi connectivity index (χ3v) is 3.65. The van der Waals surface area contributed by atoms with Gasteiger partial charge in [-0.2, -0.15) is 23.3 Å². The maximum atomic E-state index is 13.1. The molecule has 3 rings (SSSR count). The summed E-state index contributed by atoms with van der Waals surface area (Å²) in [6.45, 7) is 3.64. The number of H-pyrrole nitrogens is 1. The normalized spacial score (nSPS) is 11.8. The summed E-state index contributed by atoms with van der Waals surface area (Å²) in [4.78, 5) is 15.7. The number of nitrogens with one attached hydrogen (secondary N) is 2. The number of rotatable bonds is 4. The predicted molar refractivity (Wildman–Crippen MR) is 86.9 cm³/mol. The highest BCUT2D eigenvalue weighted by Crippen LogP contribution is 2.27. The molecule has 27 heavy (non-hydrogen) atoms. The van der Waals surface area contributed by atoms with Crippen LogP contribution in [0, 0.1) is 5.82 Å². The van der Waals surface area contributed by atoms with Crippen LogP contribution in [0.15, 0.2) is 30.5 Å². The molecule has 11 heteroatoms. The Kier molecular flexibility index (Phi) is 4.68. The first-order valence-electron chi connectivity index (χ1n) is 7.81. The van der Waals surface area contributed by atoms with Crippen molar-refractivity contribution >= 4 is 11.9 Å². The highest BCUT2D eigenvalue weighted by molar-refractivity contribution is 6.04. The molecular weight excluding hydrogens is 368 g/mol. The monoisotopic (exact) mass is 382 g/mol. The van der Waals surface area contributed by atoms with Gasteiger partial charge < -0.3 is 0 Å². The quantitative estimate of drug-likeness (QED) is 0.676. The van der Waals surface area contributed by atoms with E-state index in [1.807, 2.05) is 13.8 Å². The van der Waals surface area contributed by atoms with Gasteiger partial charge in [-0.3, -0.25) is 15.2 Å². The van der Waals surface area contributed by atoms with Crippen molar-refractivity contribution in [3.8, 4) is 5.69 Å². The third-order valence-electron chi connectivity index (χ3n) is 3.65. The topological polar surface area (TPSA) is 88.5 Å². The van der Waals surface area contributed by atoms with Gasteiger partial charge in [0.1, 0.15) is 5.82 Å². The van der Waals surface area contributed by atoms with E-state index in [-0.39, 0.29) is 11.5 Å². The van der Waals surface area contributed by atoms with Crippen LogP contribution < -0.4 is 5.32 Å². The van der Waals surface area contributed by atoms with E-state index < -0.39 is 29.7 Å². The Hall–Kier alpha value is -3.24. The minimum Gasteiger partial charge on any atom is -0.289 e. The van der Waals surface area contributed by atoms with Crippen LogP contribution in [0.25, 0.3) is 5.69 Å². The summed E-state index contributed by atoms with van der Waals surface area (Å²) >= 11 is 0. The second-order valence-electron chi connectivity index (χ2n) is 5.95. The van der Waals surface area contributed by atoms with Crippen LogP contribution >= 0.6 is 0 Å². The first-order valence-corrected chi connectivity index (χ1v) is 7.81. The number of nitrogens with zero attached hydrogens (tertiary/aromatic N) is 4. The van der Waals surface area contributed by atoms with E-state index in [4.69, 9.17) is 0 Å². The van der Waals surface area contributed by atoms with Gasteiger partial charge in [0, 0.05) is 0 Å². The molecule has 1 aromatic carbocycles. The SMILES string of the molecule is CC(C)c1c(C(=O)Nc2n[nH]c(C(F)(F)F)n2)cnn1-c1ccc(F)cc1. The number of benzene rings is 1. The van der Waals surface area contributed by atoms with Crippen molar-refractivity contribution in [3.05, 3.63) is 53.4 Å². The van der Waals surface area contributed by atoms with E-state index >= 15 is 0 Å². The molecular formula is C16H14F4N6O. The molecule has 142 valence electrons. The maximum absolute atomic E-state index is 13.1. The van der Waals surface area contributed by atoms with Crippen molar-refractivity contribution in [2.24, 2.45) is 0 Å². The summed E-state index contributed by atoms with van der Waals surface area (Å²) in [5.41, 5.74) is 1.19. The standard InChI is InChI=1S/C16H14F4N6O/c1-8(2)12-11(7-21-26(12)10-5-3-9(17)4-6-10)13(27)22-15-23-14(24-25-15)16(18,19)20/h3-8H,1-2H3,(H2,22,23,24,25,27). The smallest absolute Gasteiger partial charge is 0.289 e. The van der Waals surface area contributed by atoms with Gasteiger partial charge in [0.15, 0.2) is 0 Å². The van der Waals surface area contributed by atoms with Gasteiger partial charge in [-0.05, 0) is 30.2 Å². The number of carbonyl (C=O) groups is 1. The molecule has 3 aromatic rings. The van der Waals surface area contributed by atoms with Crippen LogP contribution in [0.5, 0.6) is 0 Å². The first-order chi connectivity index (χ1) is 12.7. The van der Waals surface area contributed by atoms with E-state index in [1.54, 1.807) is 5.10 Å². The van der Waals surface area contributed by atoms with E-state index in [1.165, 1.54) is 35.1 Å². The Morgan fingerprint density at radius 2 is 1.89 bits per heavy atom. The van der Waals surface area contributed by atoms with Crippen molar-refractivity contribution in [1.29, 1.82) is 0 Å². The molecule has 0 aliphatic heterocycles. The van der Waals surface area contributed by atoms with E-state index in [2.05, 4.69) is 20.5 Å². The fourth-order valence-corrected chi connectivity index (χ4v) is 2.49. The van der Waals surface area contributed by atoms with Crippen molar-refractivity contribution in [2.45, 2.75) is 25.9 Å². The van der Waals surface area contributed by atoms with Crippen molar-refractivity contribution < 1.29 is 22.4 Å². The van der Waals surface area contributed by atoms with Gasteiger partial charge in [-0.25, -0.2) is 9.07 Å². The molecule has 0 saturated carbocycles. The van der Waals surface area contributed by atoms with E-state index in [0.29, 0.717) is 11.4 Å². The summed E-state index contributed by atoms with van der Waals surface area (Å²) in [5, 5.41) is 11.4. The molecule has 0 aliphatic carbocycles. The Bertz CT molecular complexity index is 958. The van der Waals surface area contributed by atoms with Crippen LogP contribution in [-0.2, 0) is 6.18 Å². The van der Waals surface area contributed by atoms with E-state index in [0.717, 1.165) is 0 Å². The van der Waals surface area contributed by atoms with Crippen LogP contribution in [0.3, 0.4) is 0 Å². The third kappa shape index (κ3) is 3.81. The number of hydrogen-bond acceptors (Lipinski definition) is 4. The van der Waals surface area contributed by atoms with Gasteiger partial charge >= 0.3 is 6.18 Å². The number of anilines is 1. The predicted octanol–water partition coefficient (Wildman–Crippen LogP) is 3.52. The largest absolute Gasteiger partial charge is 0.451 e. The molecule has 0 atom stereocenters. The highest BCUT2D eigenvalue weighted by Gasteiger charge is 2.35. The molecule has 1 amide bonds. The molecule has 2 N–H and O–H groups in total. The summed E-state index contributed by atoms with van der Waals surface area (Å²) in [7, 11) is 0. The lowest BCUT2D eigenvalue weighted by molar-refractivity contribution is -0.144. The molecule has 2 heterocycles. The van der Waals surface area contributed by atoms with Crippen LogP contribution in [0.2, 0.25) is 0 Å². The number of alkyl halides is 3. The molecule has 0 fully saturated rings. The zero-order chi connectivity index (χ0) is 19.8. The summed E-state index contributed by atoms with van der Waals surface area (Å²) in [6.07, 6.45) is -3.42. The van der Waals surface area contributed by atoms with Crippen LogP contribution in [0.1, 0.15) is 41.6 Å². The number of aromatic amines is 1. The number of aromatic nitrogens is 5. The minimum atomic E-state index is -4.70. The van der Waals surface area contributed by atoms with E-state index in [9.17, 15) is 22.4 Å². The van der Waals surface area contributed by atoms with Crippen molar-refractivity contribution in [2.75, 3.05) is 5.32 Å². The second-order valence-corrected chi connectivity index (χ2v) is 5.95. The van der Waals surface area contributed by atoms with Crippen molar-refractivity contribution in [3.63, 3.8) is 0 Å². The lowest BCUT2D eigenvalue weighted by Crippen LogP contribution is -2.16. The Morgan fingerprint density at radius 3 is 2.44 bits per heavy atom. The van der Waals surface area contributed by atoms with Gasteiger partial charge in [0.05, 0.1) is 23.1 Å². The van der Waals surface area contributed by atoms with Gasteiger partial charge in [-0.15, -0.1) is 5.10 Å². The lowest BCUT2D eigenvalue weighted by atomic mass is 10.1. The average molecular weight is 382 g/mol. The molecule has 0 spiro atoms.